The molecule has 0 amide bonds. The van der Waals surface area contributed by atoms with E-state index in [4.69, 9.17) is 0 Å². The van der Waals surface area contributed by atoms with Crippen molar-refractivity contribution in [2.75, 3.05) is 0 Å². The van der Waals surface area contributed by atoms with E-state index in [1.165, 1.54) is 18.2 Å². The van der Waals surface area contributed by atoms with Crippen molar-refractivity contribution in [3.8, 4) is 0 Å². The topological polar surface area (TPSA) is 17.1 Å². The fourth-order valence-corrected chi connectivity index (χ4v) is 1.09. The third kappa shape index (κ3) is 3.58. The Morgan fingerprint density at radius 2 is 1.73 bits per heavy atom. The zero-order valence-electron chi connectivity index (χ0n) is 7.79. The van der Waals surface area contributed by atoms with E-state index in [9.17, 15) is 18.0 Å². The molecule has 0 spiro atoms. The van der Waals surface area contributed by atoms with E-state index >= 15 is 0 Å². The molecule has 1 aromatic carbocycles. The second-order valence-corrected chi connectivity index (χ2v) is 2.96. The van der Waals surface area contributed by atoms with Crippen LogP contribution in [0.25, 0.3) is 0 Å². The maximum atomic E-state index is 12.2. The number of hydrogen-bond acceptors (Lipinski definition) is 1. The smallest absolute Gasteiger partial charge is 0.299 e. The standard InChI is InChI=1S/C11H9F3O/c12-11(13,14)10-6-4-9(5-7-10)3-1-2-8-15/h1-2,4-8H,3H2. The van der Waals surface area contributed by atoms with Gasteiger partial charge in [-0.1, -0.05) is 18.2 Å². The maximum Gasteiger partial charge on any atom is 0.416 e. The van der Waals surface area contributed by atoms with Gasteiger partial charge in [0, 0.05) is 0 Å². The predicted octanol–water partition coefficient (Wildman–Crippen LogP) is 3.00. The molecule has 0 saturated carbocycles. The van der Waals surface area contributed by atoms with Crippen molar-refractivity contribution in [2.24, 2.45) is 0 Å². The molecule has 0 heterocycles. The minimum Gasteiger partial charge on any atom is -0.299 e. The molecule has 0 unspecified atom stereocenters. The minimum atomic E-state index is -4.29. The molecule has 1 nitrogen and oxygen atoms in total. The van der Waals surface area contributed by atoms with Crippen LogP contribution in [0.2, 0.25) is 0 Å². The molecule has 0 bridgehead atoms. The molecular formula is C11H9F3O. The van der Waals surface area contributed by atoms with E-state index in [2.05, 4.69) is 0 Å². The van der Waals surface area contributed by atoms with Crippen LogP contribution < -0.4 is 0 Å². The van der Waals surface area contributed by atoms with Gasteiger partial charge in [-0.2, -0.15) is 13.2 Å². The van der Waals surface area contributed by atoms with Crippen molar-refractivity contribution >= 4 is 6.29 Å². The Labute approximate surface area is 85.2 Å². The first kappa shape index (κ1) is 11.5. The van der Waals surface area contributed by atoms with E-state index in [1.54, 1.807) is 6.08 Å². The summed E-state index contributed by atoms with van der Waals surface area (Å²) in [5, 5.41) is 0. The average Bonchev–Trinajstić information content (AvgIpc) is 2.18. The number of hydrogen-bond donors (Lipinski definition) is 0. The highest BCUT2D eigenvalue weighted by atomic mass is 19.4. The normalized spacial score (nSPS) is 11.9. The van der Waals surface area contributed by atoms with Crippen molar-refractivity contribution in [3.63, 3.8) is 0 Å². The van der Waals surface area contributed by atoms with Gasteiger partial charge in [0.2, 0.25) is 0 Å². The molecule has 0 aliphatic heterocycles. The van der Waals surface area contributed by atoms with Crippen molar-refractivity contribution in [2.45, 2.75) is 12.6 Å². The van der Waals surface area contributed by atoms with E-state index in [1.807, 2.05) is 0 Å². The molecule has 0 radical (unpaired) electrons. The number of rotatable bonds is 3. The lowest BCUT2D eigenvalue weighted by Gasteiger charge is -2.06. The molecule has 0 saturated heterocycles. The van der Waals surface area contributed by atoms with Gasteiger partial charge in [0.05, 0.1) is 5.56 Å². The minimum absolute atomic E-state index is 0.455. The summed E-state index contributed by atoms with van der Waals surface area (Å²) in [6.45, 7) is 0. The zero-order chi connectivity index (χ0) is 11.3. The number of aldehydes is 1. The number of benzene rings is 1. The zero-order valence-corrected chi connectivity index (χ0v) is 7.79. The van der Waals surface area contributed by atoms with Gasteiger partial charge in [-0.05, 0) is 30.2 Å². The summed E-state index contributed by atoms with van der Waals surface area (Å²) in [5.74, 6) is 0. The molecule has 0 N–H and O–H groups in total. The van der Waals surface area contributed by atoms with Crippen molar-refractivity contribution in [3.05, 3.63) is 47.5 Å². The average molecular weight is 214 g/mol. The van der Waals surface area contributed by atoms with Crippen LogP contribution in [0.5, 0.6) is 0 Å². The number of carbonyl (C=O) groups excluding carboxylic acids is 1. The SMILES string of the molecule is O=CC=CCc1ccc(C(F)(F)F)cc1. The maximum absolute atomic E-state index is 12.2. The van der Waals surface area contributed by atoms with E-state index in [0.717, 1.165) is 17.7 Å². The Morgan fingerprint density at radius 1 is 1.13 bits per heavy atom. The highest BCUT2D eigenvalue weighted by Crippen LogP contribution is 2.29. The summed E-state index contributed by atoms with van der Waals surface area (Å²) in [4.78, 5) is 9.95. The highest BCUT2D eigenvalue weighted by molar-refractivity contribution is 5.64. The molecule has 1 rings (SSSR count). The molecule has 80 valence electrons. The third-order valence-electron chi connectivity index (χ3n) is 1.85. The Kier molecular flexibility index (Phi) is 3.66. The third-order valence-corrected chi connectivity index (χ3v) is 1.85. The number of allylic oxidation sites excluding steroid dienone is 2. The molecule has 0 aliphatic rings. The van der Waals surface area contributed by atoms with E-state index in [0.29, 0.717) is 12.7 Å². The van der Waals surface area contributed by atoms with Gasteiger partial charge in [0.1, 0.15) is 6.29 Å². The van der Waals surface area contributed by atoms with Gasteiger partial charge in [-0.25, -0.2) is 0 Å². The monoisotopic (exact) mass is 214 g/mol. The fourth-order valence-electron chi connectivity index (χ4n) is 1.09. The lowest BCUT2D eigenvalue weighted by atomic mass is 10.1. The van der Waals surface area contributed by atoms with E-state index < -0.39 is 11.7 Å². The Bertz CT molecular complexity index is 349. The van der Waals surface area contributed by atoms with Crippen LogP contribution in [-0.4, -0.2) is 6.29 Å². The molecule has 0 aromatic heterocycles. The highest BCUT2D eigenvalue weighted by Gasteiger charge is 2.29. The summed E-state index contributed by atoms with van der Waals surface area (Å²) in [6, 6.07) is 4.87. The van der Waals surface area contributed by atoms with Crippen LogP contribution in [0.3, 0.4) is 0 Å². The number of alkyl halides is 3. The Balaban J connectivity index is 2.72. The second kappa shape index (κ2) is 4.77. The summed E-state index contributed by atoms with van der Waals surface area (Å²) < 4.78 is 36.5. The van der Waals surface area contributed by atoms with Gasteiger partial charge in [-0.3, -0.25) is 4.79 Å². The van der Waals surface area contributed by atoms with Gasteiger partial charge < -0.3 is 0 Å². The lowest BCUT2D eigenvalue weighted by Crippen LogP contribution is -2.04. The molecule has 4 heteroatoms. The summed E-state index contributed by atoms with van der Waals surface area (Å²) in [6.07, 6.45) is -0.300. The first-order valence-corrected chi connectivity index (χ1v) is 4.30. The van der Waals surface area contributed by atoms with Crippen molar-refractivity contribution < 1.29 is 18.0 Å². The van der Waals surface area contributed by atoms with Crippen LogP contribution in [0.1, 0.15) is 11.1 Å². The summed E-state index contributed by atoms with van der Waals surface area (Å²) >= 11 is 0. The number of carbonyl (C=O) groups is 1. The predicted molar refractivity (Wildman–Crippen MR) is 50.4 cm³/mol. The largest absolute Gasteiger partial charge is 0.416 e. The van der Waals surface area contributed by atoms with Crippen LogP contribution >= 0.6 is 0 Å². The quantitative estimate of drug-likeness (QED) is 0.558. The summed E-state index contributed by atoms with van der Waals surface area (Å²) in [7, 11) is 0. The lowest BCUT2D eigenvalue weighted by molar-refractivity contribution is -0.137. The molecule has 15 heavy (non-hydrogen) atoms. The number of halogens is 3. The van der Waals surface area contributed by atoms with Crippen molar-refractivity contribution in [1.82, 2.24) is 0 Å². The first-order valence-electron chi connectivity index (χ1n) is 4.30. The molecular weight excluding hydrogens is 205 g/mol. The van der Waals surface area contributed by atoms with Crippen LogP contribution in [0.4, 0.5) is 13.2 Å². The van der Waals surface area contributed by atoms with Gasteiger partial charge in [0.25, 0.3) is 0 Å². The van der Waals surface area contributed by atoms with Crippen LogP contribution in [0.15, 0.2) is 36.4 Å². The molecule has 1 aromatic rings. The van der Waals surface area contributed by atoms with Gasteiger partial charge in [-0.15, -0.1) is 0 Å². The van der Waals surface area contributed by atoms with Crippen LogP contribution in [-0.2, 0) is 17.4 Å². The first-order chi connectivity index (χ1) is 7.04. The van der Waals surface area contributed by atoms with E-state index in [-0.39, 0.29) is 0 Å². The van der Waals surface area contributed by atoms with Gasteiger partial charge >= 0.3 is 6.18 Å². The second-order valence-electron chi connectivity index (χ2n) is 2.96. The Morgan fingerprint density at radius 3 is 2.20 bits per heavy atom. The molecule has 0 aliphatic carbocycles. The van der Waals surface area contributed by atoms with Crippen LogP contribution in [0, 0.1) is 0 Å². The van der Waals surface area contributed by atoms with Gasteiger partial charge in [0.15, 0.2) is 0 Å². The summed E-state index contributed by atoms with van der Waals surface area (Å²) in [5.41, 5.74) is 0.0757. The van der Waals surface area contributed by atoms with Crippen molar-refractivity contribution in [1.29, 1.82) is 0 Å². The fraction of sp³-hybridized carbons (Fsp3) is 0.182. The Hall–Kier alpha value is -1.58. The molecule has 0 atom stereocenters. The molecule has 0 fully saturated rings.